The first-order chi connectivity index (χ1) is 17.5. The number of rotatable bonds is 6. The Kier molecular flexibility index (Phi) is 6.56. The largest absolute Gasteiger partial charge is 0.323 e. The van der Waals surface area contributed by atoms with Crippen molar-refractivity contribution in [2.24, 2.45) is 0 Å². The molecule has 4 aromatic rings. The van der Waals surface area contributed by atoms with Crippen LogP contribution in [0.15, 0.2) is 97.5 Å². The number of amides is 2. The molecule has 0 saturated carbocycles. The summed E-state index contributed by atoms with van der Waals surface area (Å²) in [6.45, 7) is 0. The van der Waals surface area contributed by atoms with Crippen LogP contribution in [0.1, 0.15) is 38.0 Å². The number of halogens is 1. The molecule has 36 heavy (non-hydrogen) atoms. The van der Waals surface area contributed by atoms with Gasteiger partial charge < -0.3 is 10.2 Å². The fourth-order valence-corrected chi connectivity index (χ4v) is 4.55. The van der Waals surface area contributed by atoms with Gasteiger partial charge in [0.15, 0.2) is 5.78 Å². The van der Waals surface area contributed by atoms with E-state index in [0.717, 1.165) is 0 Å². The number of fused-ring (bicyclic) bond motifs is 1. The number of hydrogen-bond acceptors (Lipinski definition) is 5. The van der Waals surface area contributed by atoms with Crippen LogP contribution < -0.4 is 5.32 Å². The van der Waals surface area contributed by atoms with Crippen molar-refractivity contribution in [3.05, 3.63) is 125 Å². The zero-order valence-electron chi connectivity index (χ0n) is 19.0. The first-order valence-electron chi connectivity index (χ1n) is 11.3. The number of nitrogens with one attached hydrogen (secondary N) is 1. The average Bonchev–Trinajstić information content (AvgIpc) is 3.00. The van der Waals surface area contributed by atoms with Gasteiger partial charge in [0, 0.05) is 41.3 Å². The summed E-state index contributed by atoms with van der Waals surface area (Å²) < 4.78 is 0. The monoisotopic (exact) mass is 496 g/mol. The van der Waals surface area contributed by atoms with Gasteiger partial charge in [0.05, 0.1) is 11.3 Å². The predicted octanol–water partition coefficient (Wildman–Crippen LogP) is 4.76. The number of ketones is 1. The van der Waals surface area contributed by atoms with Crippen molar-refractivity contribution < 1.29 is 14.4 Å². The molecule has 0 aliphatic carbocycles. The summed E-state index contributed by atoms with van der Waals surface area (Å²) >= 11 is 6.17. The second-order valence-corrected chi connectivity index (χ2v) is 8.78. The Labute approximate surface area is 212 Å². The Balaban J connectivity index is 1.70. The molecule has 0 radical (unpaired) electrons. The third-order valence-electron chi connectivity index (χ3n) is 6.08. The third kappa shape index (κ3) is 4.61. The smallest absolute Gasteiger partial charge is 0.257 e. The van der Waals surface area contributed by atoms with Crippen LogP contribution in [-0.2, 0) is 11.2 Å². The number of pyridine rings is 2. The standard InChI is InChI=1S/C28H21ClN4O3/c29-20-9-10-22-23(16-20)32-27(35)24(17-21-8-4-5-13-31-21)33(28(22)36)25(18-6-2-1-3-7-18)26(34)19-11-14-30-15-12-19/h1-16,24-25H,17H2,(H,32,35)/t24-,25?/m1/s1. The van der Waals surface area contributed by atoms with Crippen LogP contribution in [0.3, 0.4) is 0 Å². The van der Waals surface area contributed by atoms with Crippen LogP contribution in [0.5, 0.6) is 0 Å². The van der Waals surface area contributed by atoms with Crippen molar-refractivity contribution in [2.75, 3.05) is 5.32 Å². The van der Waals surface area contributed by atoms with E-state index in [4.69, 9.17) is 11.6 Å². The molecule has 1 unspecified atom stereocenters. The summed E-state index contributed by atoms with van der Waals surface area (Å²) in [6, 6.07) is 20.2. The molecule has 3 heterocycles. The average molecular weight is 497 g/mol. The van der Waals surface area contributed by atoms with Crippen LogP contribution in [0.25, 0.3) is 0 Å². The van der Waals surface area contributed by atoms with E-state index in [2.05, 4.69) is 15.3 Å². The molecule has 2 amide bonds. The highest BCUT2D eigenvalue weighted by Crippen LogP contribution is 2.35. The third-order valence-corrected chi connectivity index (χ3v) is 6.31. The van der Waals surface area contributed by atoms with Crippen molar-refractivity contribution in [2.45, 2.75) is 18.5 Å². The maximum absolute atomic E-state index is 14.2. The second-order valence-electron chi connectivity index (χ2n) is 8.35. The van der Waals surface area contributed by atoms with Gasteiger partial charge in [0.1, 0.15) is 12.1 Å². The van der Waals surface area contributed by atoms with Crippen molar-refractivity contribution in [3.63, 3.8) is 0 Å². The van der Waals surface area contributed by atoms with E-state index in [1.807, 2.05) is 12.1 Å². The number of benzene rings is 2. The van der Waals surface area contributed by atoms with Crippen molar-refractivity contribution in [3.8, 4) is 0 Å². The topological polar surface area (TPSA) is 92.3 Å². The minimum atomic E-state index is -1.07. The Morgan fingerprint density at radius 2 is 1.69 bits per heavy atom. The molecule has 1 N–H and O–H groups in total. The minimum absolute atomic E-state index is 0.118. The summed E-state index contributed by atoms with van der Waals surface area (Å²) in [5.41, 5.74) is 2.13. The van der Waals surface area contributed by atoms with E-state index in [1.54, 1.807) is 66.9 Å². The second kappa shape index (κ2) is 10.1. The summed E-state index contributed by atoms with van der Waals surface area (Å²) in [5, 5.41) is 3.22. The lowest BCUT2D eigenvalue weighted by Crippen LogP contribution is -2.50. The lowest BCUT2D eigenvalue weighted by atomic mass is 9.93. The van der Waals surface area contributed by atoms with Crippen molar-refractivity contribution in [1.82, 2.24) is 14.9 Å². The number of carbonyl (C=O) groups excluding carboxylic acids is 3. The first kappa shape index (κ1) is 23.4. The van der Waals surface area contributed by atoms with Crippen molar-refractivity contribution >= 4 is 34.9 Å². The molecule has 0 spiro atoms. The van der Waals surface area contributed by atoms with Gasteiger partial charge in [-0.15, -0.1) is 0 Å². The van der Waals surface area contributed by atoms with E-state index < -0.39 is 23.9 Å². The van der Waals surface area contributed by atoms with E-state index in [1.165, 1.54) is 23.4 Å². The summed E-state index contributed by atoms with van der Waals surface area (Å²) in [7, 11) is 0. The summed E-state index contributed by atoms with van der Waals surface area (Å²) in [5.74, 6) is -1.22. The number of Topliss-reactive ketones (excluding diaryl/α,β-unsaturated/α-hetero) is 1. The van der Waals surface area contributed by atoms with Gasteiger partial charge in [0.2, 0.25) is 5.91 Å². The van der Waals surface area contributed by atoms with Crippen LogP contribution >= 0.6 is 11.6 Å². The Bertz CT molecular complexity index is 1410. The fraction of sp³-hybridized carbons (Fsp3) is 0.107. The Hall–Kier alpha value is -4.36. The molecule has 0 saturated heterocycles. The first-order valence-corrected chi connectivity index (χ1v) is 11.7. The number of hydrogen-bond donors (Lipinski definition) is 1. The van der Waals surface area contributed by atoms with E-state index >= 15 is 0 Å². The normalized spacial score (nSPS) is 16.0. The molecule has 1 aliphatic rings. The van der Waals surface area contributed by atoms with E-state index in [0.29, 0.717) is 27.5 Å². The molecular formula is C28H21ClN4O3. The van der Waals surface area contributed by atoms with Crippen LogP contribution in [0, 0.1) is 0 Å². The van der Waals surface area contributed by atoms with Gasteiger partial charge in [-0.25, -0.2) is 0 Å². The number of anilines is 1. The summed E-state index contributed by atoms with van der Waals surface area (Å²) in [6.07, 6.45) is 4.79. The number of carbonyl (C=O) groups is 3. The van der Waals surface area contributed by atoms with Gasteiger partial charge >= 0.3 is 0 Å². The SMILES string of the molecule is O=C(c1ccncc1)C(c1ccccc1)N1C(=O)c2ccc(Cl)cc2NC(=O)[C@H]1Cc1ccccn1. The molecule has 1 aliphatic heterocycles. The summed E-state index contributed by atoms with van der Waals surface area (Å²) in [4.78, 5) is 51.5. The zero-order chi connectivity index (χ0) is 25.1. The molecule has 8 heteroatoms. The Morgan fingerprint density at radius 3 is 2.42 bits per heavy atom. The molecule has 7 nitrogen and oxygen atoms in total. The van der Waals surface area contributed by atoms with Gasteiger partial charge in [-0.1, -0.05) is 48.0 Å². The van der Waals surface area contributed by atoms with Crippen LogP contribution in [0.4, 0.5) is 5.69 Å². The van der Waals surface area contributed by atoms with Crippen LogP contribution in [-0.4, -0.2) is 38.5 Å². The molecule has 0 bridgehead atoms. The fourth-order valence-electron chi connectivity index (χ4n) is 4.38. The molecule has 5 rings (SSSR count). The predicted molar refractivity (Wildman–Crippen MR) is 136 cm³/mol. The minimum Gasteiger partial charge on any atom is -0.323 e. The van der Waals surface area contributed by atoms with Gasteiger partial charge in [-0.2, -0.15) is 0 Å². The molecule has 2 aromatic carbocycles. The molecule has 2 atom stereocenters. The lowest BCUT2D eigenvalue weighted by molar-refractivity contribution is -0.120. The zero-order valence-corrected chi connectivity index (χ0v) is 19.8. The quantitative estimate of drug-likeness (QED) is 0.388. The maximum atomic E-state index is 14.2. The van der Waals surface area contributed by atoms with Gasteiger partial charge in [-0.3, -0.25) is 24.4 Å². The highest BCUT2D eigenvalue weighted by Gasteiger charge is 2.43. The molecular weight excluding hydrogens is 476 g/mol. The number of aromatic nitrogens is 2. The Morgan fingerprint density at radius 1 is 0.944 bits per heavy atom. The molecule has 178 valence electrons. The maximum Gasteiger partial charge on any atom is 0.257 e. The van der Waals surface area contributed by atoms with Gasteiger partial charge in [-0.05, 0) is 48.0 Å². The molecule has 2 aromatic heterocycles. The lowest BCUT2D eigenvalue weighted by Gasteiger charge is -2.35. The molecule has 0 fully saturated rings. The van der Waals surface area contributed by atoms with E-state index in [-0.39, 0.29) is 17.8 Å². The van der Waals surface area contributed by atoms with E-state index in [9.17, 15) is 14.4 Å². The highest BCUT2D eigenvalue weighted by atomic mass is 35.5. The van der Waals surface area contributed by atoms with Crippen LogP contribution in [0.2, 0.25) is 5.02 Å². The van der Waals surface area contributed by atoms with Crippen molar-refractivity contribution in [1.29, 1.82) is 0 Å². The van der Waals surface area contributed by atoms with Gasteiger partial charge in [0.25, 0.3) is 5.91 Å². The number of nitrogens with zero attached hydrogens (tertiary/aromatic N) is 3. The highest BCUT2D eigenvalue weighted by molar-refractivity contribution is 6.31.